The van der Waals surface area contributed by atoms with Crippen LogP contribution >= 0.6 is 0 Å². The van der Waals surface area contributed by atoms with Crippen LogP contribution in [0, 0.1) is 0 Å². The Morgan fingerprint density at radius 3 is 3.00 bits per heavy atom. The van der Waals surface area contributed by atoms with E-state index in [9.17, 15) is 4.79 Å². The van der Waals surface area contributed by atoms with Gasteiger partial charge in [-0.05, 0) is 0 Å². The second-order valence-electron chi connectivity index (χ2n) is 1.47. The van der Waals surface area contributed by atoms with Gasteiger partial charge in [0.25, 0.3) is 0 Å². The molecule has 0 spiro atoms. The number of nitrogens with zero attached hydrogens (tertiary/aromatic N) is 1. The van der Waals surface area contributed by atoms with E-state index in [-0.39, 0.29) is 0 Å². The summed E-state index contributed by atoms with van der Waals surface area (Å²) in [5, 5.41) is 1.11. The van der Waals surface area contributed by atoms with Crippen LogP contribution in [-0.2, 0) is 9.88 Å². The van der Waals surface area contributed by atoms with Gasteiger partial charge in [-0.25, -0.2) is 15.1 Å². The monoisotopic (exact) mass is 133 g/mol. The first-order valence-electron chi connectivity index (χ1n) is 2.42. The third kappa shape index (κ3) is 1.84. The predicted molar refractivity (Wildman–Crippen MR) is 26.5 cm³/mol. The molecule has 1 rings (SSSR count). The zero-order valence-electron chi connectivity index (χ0n) is 4.66. The molecule has 6 nitrogen and oxygen atoms in total. The Hall–Kier alpha value is -0.850. The van der Waals surface area contributed by atoms with E-state index in [2.05, 4.69) is 15.3 Å². The van der Waals surface area contributed by atoms with Crippen LogP contribution in [0.4, 0.5) is 4.79 Å². The lowest BCUT2D eigenvalue weighted by molar-refractivity contribution is -0.381. The summed E-state index contributed by atoms with van der Waals surface area (Å²) in [4.78, 5) is 18.9. The summed E-state index contributed by atoms with van der Waals surface area (Å²) in [6, 6.07) is -0.666. The maximum atomic E-state index is 10.1. The molecular weight excluding hydrogens is 126 g/mol. The molecule has 3 N–H and O–H groups in total. The number of amides is 2. The van der Waals surface area contributed by atoms with Gasteiger partial charge < -0.3 is 5.73 Å². The highest BCUT2D eigenvalue weighted by molar-refractivity contribution is 5.70. The van der Waals surface area contributed by atoms with Crippen LogP contribution in [0.1, 0.15) is 0 Å². The van der Waals surface area contributed by atoms with Crippen molar-refractivity contribution < 1.29 is 14.7 Å². The van der Waals surface area contributed by atoms with Crippen LogP contribution in [0.25, 0.3) is 0 Å². The molecule has 6 heteroatoms. The minimum absolute atomic E-state index is 0.431. The standard InChI is InChI=1S/C3H7N3O3/c4-3(7)5-6-1-2-8-9-6/h1-2H2,(H3,4,5,7). The first-order chi connectivity index (χ1) is 4.29. The second kappa shape index (κ2) is 2.62. The first-order valence-corrected chi connectivity index (χ1v) is 2.42. The van der Waals surface area contributed by atoms with E-state index in [4.69, 9.17) is 5.73 Å². The average Bonchev–Trinajstić information content (AvgIpc) is 2.15. The number of hydrazine groups is 1. The third-order valence-electron chi connectivity index (χ3n) is 0.755. The van der Waals surface area contributed by atoms with Crippen LogP contribution in [0.2, 0.25) is 0 Å². The molecule has 1 aliphatic heterocycles. The van der Waals surface area contributed by atoms with Gasteiger partial charge in [0, 0.05) is 0 Å². The Labute approximate surface area is 51.4 Å². The topological polar surface area (TPSA) is 76.8 Å². The van der Waals surface area contributed by atoms with E-state index < -0.39 is 6.03 Å². The number of hydrogen-bond donors (Lipinski definition) is 2. The van der Waals surface area contributed by atoms with Gasteiger partial charge in [-0.3, -0.25) is 0 Å². The van der Waals surface area contributed by atoms with Gasteiger partial charge in [0.15, 0.2) is 0 Å². The molecule has 1 aliphatic rings. The second-order valence-corrected chi connectivity index (χ2v) is 1.47. The summed E-state index contributed by atoms with van der Waals surface area (Å²) >= 11 is 0. The Bertz CT molecular complexity index is 111. The van der Waals surface area contributed by atoms with Crippen molar-refractivity contribution in [1.82, 2.24) is 10.6 Å². The molecular formula is C3H7N3O3. The molecule has 0 atom stereocenters. The van der Waals surface area contributed by atoms with Gasteiger partial charge in [-0.2, -0.15) is 0 Å². The van der Waals surface area contributed by atoms with E-state index in [1.54, 1.807) is 0 Å². The van der Waals surface area contributed by atoms with Crippen molar-refractivity contribution in [1.29, 1.82) is 0 Å². The molecule has 2 amide bonds. The Morgan fingerprint density at radius 1 is 1.78 bits per heavy atom. The molecule has 1 fully saturated rings. The van der Waals surface area contributed by atoms with Crippen LogP contribution in [0.15, 0.2) is 0 Å². The summed E-state index contributed by atoms with van der Waals surface area (Å²) < 4.78 is 0. The van der Waals surface area contributed by atoms with Gasteiger partial charge >= 0.3 is 6.03 Å². The molecule has 0 radical (unpaired) electrons. The molecule has 0 bridgehead atoms. The van der Waals surface area contributed by atoms with Crippen molar-refractivity contribution >= 4 is 6.03 Å². The van der Waals surface area contributed by atoms with Crippen molar-refractivity contribution in [2.45, 2.75) is 0 Å². The number of nitrogens with one attached hydrogen (secondary N) is 1. The molecule has 9 heavy (non-hydrogen) atoms. The van der Waals surface area contributed by atoms with Crippen LogP contribution in [-0.4, -0.2) is 24.4 Å². The van der Waals surface area contributed by atoms with Gasteiger partial charge in [0.05, 0.1) is 6.54 Å². The quantitative estimate of drug-likeness (QED) is 0.438. The Kier molecular flexibility index (Phi) is 1.83. The Morgan fingerprint density at radius 2 is 2.56 bits per heavy atom. The molecule has 1 saturated heterocycles. The largest absolute Gasteiger partial charge is 0.350 e. The number of carbonyl (C=O) groups is 1. The molecule has 0 aromatic rings. The molecule has 0 saturated carbocycles. The van der Waals surface area contributed by atoms with Crippen molar-refractivity contribution in [2.75, 3.05) is 13.2 Å². The van der Waals surface area contributed by atoms with Crippen LogP contribution < -0.4 is 11.2 Å². The fourth-order valence-corrected chi connectivity index (χ4v) is 0.456. The number of urea groups is 1. The van der Waals surface area contributed by atoms with E-state index in [1.807, 2.05) is 0 Å². The highest BCUT2D eigenvalue weighted by Gasteiger charge is 2.14. The summed E-state index contributed by atoms with van der Waals surface area (Å²) in [7, 11) is 0. The summed E-state index contributed by atoms with van der Waals surface area (Å²) in [6.45, 7) is 0.920. The maximum absolute atomic E-state index is 10.1. The van der Waals surface area contributed by atoms with Crippen molar-refractivity contribution in [3.05, 3.63) is 0 Å². The van der Waals surface area contributed by atoms with Gasteiger partial charge in [-0.1, -0.05) is 5.17 Å². The highest BCUT2D eigenvalue weighted by atomic mass is 17.3. The highest BCUT2D eigenvalue weighted by Crippen LogP contribution is 1.94. The smallest absolute Gasteiger partial charge is 0.328 e. The van der Waals surface area contributed by atoms with Gasteiger partial charge in [-0.15, -0.1) is 4.99 Å². The van der Waals surface area contributed by atoms with E-state index in [1.165, 1.54) is 0 Å². The summed E-state index contributed by atoms with van der Waals surface area (Å²) in [6.07, 6.45) is 0. The number of nitrogens with two attached hydrogens (primary N) is 1. The number of primary amides is 1. The van der Waals surface area contributed by atoms with E-state index in [0.29, 0.717) is 13.2 Å². The SMILES string of the molecule is NC(=O)NN1CCOO1. The van der Waals surface area contributed by atoms with Crippen LogP contribution in [0.5, 0.6) is 0 Å². The average molecular weight is 133 g/mol. The molecule has 1 heterocycles. The first kappa shape index (κ1) is 6.27. The molecule has 0 aromatic carbocycles. The number of rotatable bonds is 1. The van der Waals surface area contributed by atoms with Crippen molar-refractivity contribution in [3.8, 4) is 0 Å². The summed E-state index contributed by atoms with van der Waals surface area (Å²) in [5.41, 5.74) is 6.91. The fourth-order valence-electron chi connectivity index (χ4n) is 0.456. The van der Waals surface area contributed by atoms with Crippen molar-refractivity contribution in [3.63, 3.8) is 0 Å². The lowest BCUT2D eigenvalue weighted by Crippen LogP contribution is -2.42. The van der Waals surface area contributed by atoms with Gasteiger partial charge in [0.1, 0.15) is 6.61 Å². The zero-order valence-corrected chi connectivity index (χ0v) is 4.66. The normalized spacial score (nSPS) is 20.0. The number of hydrogen-bond acceptors (Lipinski definition) is 4. The van der Waals surface area contributed by atoms with Crippen LogP contribution in [0.3, 0.4) is 0 Å². The minimum atomic E-state index is -0.666. The number of carbonyl (C=O) groups excluding carboxylic acids is 1. The zero-order chi connectivity index (χ0) is 6.69. The molecule has 0 aromatic heterocycles. The summed E-state index contributed by atoms with van der Waals surface area (Å²) in [5.74, 6) is 0. The third-order valence-corrected chi connectivity index (χ3v) is 0.755. The Balaban J connectivity index is 2.19. The van der Waals surface area contributed by atoms with E-state index >= 15 is 0 Å². The fraction of sp³-hybridized carbons (Fsp3) is 0.667. The molecule has 0 aliphatic carbocycles. The minimum Gasteiger partial charge on any atom is -0.350 e. The number of hydroxylamine groups is 1. The van der Waals surface area contributed by atoms with Crippen molar-refractivity contribution in [2.24, 2.45) is 5.73 Å². The molecule has 52 valence electrons. The van der Waals surface area contributed by atoms with Gasteiger partial charge in [0.2, 0.25) is 0 Å². The lowest BCUT2D eigenvalue weighted by atomic mass is 10.7. The van der Waals surface area contributed by atoms with E-state index in [0.717, 1.165) is 5.17 Å². The maximum Gasteiger partial charge on any atom is 0.328 e. The molecule has 0 unspecified atom stereocenters. The predicted octanol–water partition coefficient (Wildman–Crippen LogP) is -1.25. The lowest BCUT2D eigenvalue weighted by Gasteiger charge is -2.08.